The van der Waals surface area contributed by atoms with E-state index in [0.29, 0.717) is 0 Å². The fraction of sp³-hybridized carbons (Fsp3) is 0.400. The number of amides is 1. The number of carbonyl (C=O) groups is 2. The van der Waals surface area contributed by atoms with E-state index in [2.05, 4.69) is 5.32 Å². The molecule has 5 nitrogen and oxygen atoms in total. The lowest BCUT2D eigenvalue weighted by atomic mass is 9.78. The van der Waals surface area contributed by atoms with Gasteiger partial charge in [0.15, 0.2) is 0 Å². The van der Waals surface area contributed by atoms with Gasteiger partial charge in [-0.05, 0) is 54.5 Å². The molecule has 9 heteroatoms. The van der Waals surface area contributed by atoms with E-state index in [0.717, 1.165) is 10.8 Å². The Morgan fingerprint density at radius 1 is 1.07 bits per heavy atom. The molecule has 0 spiro atoms. The normalized spacial score (nSPS) is 20.5. The Kier molecular flexibility index (Phi) is 7.00. The molecule has 1 amide bonds. The number of nitrogen functional groups attached to an aromatic ring is 1. The van der Waals surface area contributed by atoms with Crippen molar-refractivity contribution in [1.82, 2.24) is 5.32 Å². The highest BCUT2D eigenvalue weighted by Crippen LogP contribution is 2.40. The van der Waals surface area contributed by atoms with E-state index in [-0.39, 0.29) is 49.3 Å². The molecule has 0 aromatic heterocycles. The molecule has 2 aromatic rings. The number of fused-ring (bicyclic) bond motifs is 1. The molecule has 0 aliphatic heterocycles. The van der Waals surface area contributed by atoms with Crippen LogP contribution in [0.1, 0.15) is 36.0 Å². The zero-order chi connectivity index (χ0) is 20.5. The second kappa shape index (κ2) is 8.90. The molecule has 4 N–H and O–H groups in total. The summed E-state index contributed by atoms with van der Waals surface area (Å²) in [5.74, 6) is -3.87. The van der Waals surface area contributed by atoms with Crippen molar-refractivity contribution in [2.45, 2.75) is 37.9 Å². The molecule has 0 heterocycles. The first kappa shape index (κ1) is 22.8. The predicted molar refractivity (Wildman–Crippen MR) is 106 cm³/mol. The number of nitrogens with two attached hydrogens (primary N) is 1. The van der Waals surface area contributed by atoms with Crippen LogP contribution in [0.5, 0.6) is 0 Å². The van der Waals surface area contributed by atoms with Gasteiger partial charge in [0.25, 0.3) is 5.91 Å². The maximum Gasteiger partial charge on any atom is 0.391 e. The zero-order valence-corrected chi connectivity index (χ0v) is 16.2. The van der Waals surface area contributed by atoms with E-state index in [1.54, 1.807) is 24.3 Å². The minimum Gasteiger partial charge on any atom is -0.480 e. The van der Waals surface area contributed by atoms with Crippen LogP contribution in [0, 0.1) is 11.8 Å². The Morgan fingerprint density at radius 2 is 1.62 bits per heavy atom. The third-order valence-electron chi connectivity index (χ3n) is 5.42. The molecule has 0 saturated heterocycles. The largest absolute Gasteiger partial charge is 0.480 e. The fourth-order valence-corrected chi connectivity index (χ4v) is 3.83. The molecule has 0 bridgehead atoms. The smallest absolute Gasteiger partial charge is 0.391 e. The van der Waals surface area contributed by atoms with Crippen molar-refractivity contribution in [2.24, 2.45) is 11.8 Å². The first-order chi connectivity index (χ1) is 13.2. The summed E-state index contributed by atoms with van der Waals surface area (Å²) < 4.78 is 38.5. The van der Waals surface area contributed by atoms with Gasteiger partial charge < -0.3 is 16.2 Å². The standard InChI is InChI=1S/C20H21F3N2O3.ClH/c21-20(22,23)14-7-5-11(6-8-14)17(19(27)28)25-18(26)15-9-12-3-1-2-4-13(12)10-16(15)24;/h1-4,9-11,14,17H,5-8,24H2,(H,25,26)(H,27,28);1H. The third-order valence-corrected chi connectivity index (χ3v) is 5.42. The number of anilines is 1. The Bertz CT molecular complexity index is 896. The maximum atomic E-state index is 12.8. The lowest BCUT2D eigenvalue weighted by Crippen LogP contribution is -2.47. The van der Waals surface area contributed by atoms with Gasteiger partial charge in [-0.1, -0.05) is 24.3 Å². The second-order valence-corrected chi connectivity index (χ2v) is 7.23. The molecule has 1 atom stereocenters. The van der Waals surface area contributed by atoms with Gasteiger partial charge in [0.2, 0.25) is 0 Å². The van der Waals surface area contributed by atoms with E-state index >= 15 is 0 Å². The van der Waals surface area contributed by atoms with Crippen molar-refractivity contribution in [3.05, 3.63) is 42.0 Å². The Hall–Kier alpha value is -2.48. The molecule has 158 valence electrons. The molecule has 3 rings (SSSR count). The molecule has 1 fully saturated rings. The minimum absolute atomic E-state index is 0. The molecule has 1 aliphatic carbocycles. The molecular weight excluding hydrogens is 409 g/mol. The Morgan fingerprint density at radius 3 is 2.14 bits per heavy atom. The summed E-state index contributed by atoms with van der Waals surface area (Å²) in [4.78, 5) is 24.3. The van der Waals surface area contributed by atoms with Crippen molar-refractivity contribution in [2.75, 3.05) is 5.73 Å². The van der Waals surface area contributed by atoms with Gasteiger partial charge in [-0.2, -0.15) is 13.2 Å². The summed E-state index contributed by atoms with van der Waals surface area (Å²) in [6.45, 7) is 0. The number of hydrogen-bond acceptors (Lipinski definition) is 3. The van der Waals surface area contributed by atoms with Crippen LogP contribution in [0.2, 0.25) is 0 Å². The summed E-state index contributed by atoms with van der Waals surface area (Å²) in [7, 11) is 0. The number of benzene rings is 2. The second-order valence-electron chi connectivity index (χ2n) is 7.23. The van der Waals surface area contributed by atoms with Crippen LogP contribution in [-0.4, -0.2) is 29.2 Å². The number of alkyl halides is 3. The minimum atomic E-state index is -4.27. The number of carboxylic acids is 1. The van der Waals surface area contributed by atoms with Crippen LogP contribution in [0.25, 0.3) is 10.8 Å². The molecule has 1 unspecified atom stereocenters. The van der Waals surface area contributed by atoms with Gasteiger partial charge >= 0.3 is 12.1 Å². The Labute approximate surface area is 171 Å². The predicted octanol–water partition coefficient (Wildman–Crippen LogP) is 4.40. The number of nitrogens with one attached hydrogen (secondary N) is 1. The van der Waals surface area contributed by atoms with Crippen molar-refractivity contribution in [3.8, 4) is 0 Å². The number of carboxylic acid groups (broad SMARTS) is 1. The van der Waals surface area contributed by atoms with E-state index < -0.39 is 35.9 Å². The lowest BCUT2D eigenvalue weighted by Gasteiger charge is -2.33. The van der Waals surface area contributed by atoms with E-state index in [9.17, 15) is 27.9 Å². The van der Waals surface area contributed by atoms with Crippen LogP contribution < -0.4 is 11.1 Å². The SMILES string of the molecule is Cl.Nc1cc2ccccc2cc1C(=O)NC(C(=O)O)C1CCC(C(F)(F)F)CC1. The number of halogens is 4. The van der Waals surface area contributed by atoms with Gasteiger partial charge in [-0.25, -0.2) is 4.79 Å². The van der Waals surface area contributed by atoms with Crippen molar-refractivity contribution < 1.29 is 27.9 Å². The van der Waals surface area contributed by atoms with Gasteiger partial charge in [0.1, 0.15) is 6.04 Å². The summed E-state index contributed by atoms with van der Waals surface area (Å²) >= 11 is 0. The molecule has 2 aromatic carbocycles. The highest BCUT2D eigenvalue weighted by molar-refractivity contribution is 6.05. The van der Waals surface area contributed by atoms with Crippen LogP contribution in [0.15, 0.2) is 36.4 Å². The van der Waals surface area contributed by atoms with Gasteiger partial charge in [-0.3, -0.25) is 4.79 Å². The van der Waals surface area contributed by atoms with Gasteiger partial charge in [0, 0.05) is 5.69 Å². The highest BCUT2D eigenvalue weighted by atomic mass is 35.5. The average molecular weight is 431 g/mol. The van der Waals surface area contributed by atoms with Crippen LogP contribution in [0.4, 0.5) is 18.9 Å². The third kappa shape index (κ3) is 5.12. The maximum absolute atomic E-state index is 12.8. The number of carbonyl (C=O) groups excluding carboxylic acids is 1. The molecule has 1 aliphatic rings. The quantitative estimate of drug-likeness (QED) is 0.627. The average Bonchev–Trinajstić information content (AvgIpc) is 2.64. The first-order valence-corrected chi connectivity index (χ1v) is 9.05. The zero-order valence-electron chi connectivity index (χ0n) is 15.4. The number of rotatable bonds is 4. The number of aliphatic carboxylic acids is 1. The van der Waals surface area contributed by atoms with Crippen molar-refractivity contribution >= 4 is 40.7 Å². The van der Waals surface area contributed by atoms with Gasteiger partial charge in [-0.15, -0.1) is 12.4 Å². The fourth-order valence-electron chi connectivity index (χ4n) is 3.83. The summed E-state index contributed by atoms with van der Waals surface area (Å²) in [6, 6.07) is 9.24. The molecule has 29 heavy (non-hydrogen) atoms. The topological polar surface area (TPSA) is 92.4 Å². The van der Waals surface area contributed by atoms with E-state index in [4.69, 9.17) is 5.73 Å². The highest BCUT2D eigenvalue weighted by Gasteiger charge is 2.43. The van der Waals surface area contributed by atoms with E-state index in [1.807, 2.05) is 12.1 Å². The monoisotopic (exact) mass is 430 g/mol. The number of hydrogen-bond donors (Lipinski definition) is 3. The van der Waals surface area contributed by atoms with Crippen LogP contribution in [-0.2, 0) is 4.79 Å². The first-order valence-electron chi connectivity index (χ1n) is 9.05. The van der Waals surface area contributed by atoms with Gasteiger partial charge in [0.05, 0.1) is 11.5 Å². The van der Waals surface area contributed by atoms with Crippen molar-refractivity contribution in [1.29, 1.82) is 0 Å². The molecule has 1 saturated carbocycles. The molecular formula is C20H22ClF3N2O3. The Balaban J connectivity index is 0.00000300. The van der Waals surface area contributed by atoms with E-state index in [1.165, 1.54) is 0 Å². The molecule has 0 radical (unpaired) electrons. The van der Waals surface area contributed by atoms with Crippen molar-refractivity contribution in [3.63, 3.8) is 0 Å². The van der Waals surface area contributed by atoms with Crippen LogP contribution >= 0.6 is 12.4 Å². The summed E-state index contributed by atoms with van der Waals surface area (Å²) in [6.07, 6.45) is -4.35. The van der Waals surface area contributed by atoms with Crippen LogP contribution in [0.3, 0.4) is 0 Å². The summed E-state index contributed by atoms with van der Waals surface area (Å²) in [5, 5.41) is 13.6. The summed E-state index contributed by atoms with van der Waals surface area (Å²) in [5.41, 5.74) is 6.31. The lowest BCUT2D eigenvalue weighted by molar-refractivity contribution is -0.184.